The standard InChI is InChI=1S/C24H23N3O2S/c1-4-17-7-5-6-8-19(17)26-20(28)13-27-14-25-23-22(24(27)29)21(16(3)30-23)18-11-9-15(2)10-12-18/h5-12,14H,4,13H2,1-3H3,(H,26,28). The van der Waals surface area contributed by atoms with Crippen molar-refractivity contribution in [3.8, 4) is 11.1 Å². The van der Waals surface area contributed by atoms with E-state index in [1.807, 2.05) is 69.3 Å². The number of rotatable bonds is 5. The van der Waals surface area contributed by atoms with Crippen LogP contribution in [0, 0.1) is 13.8 Å². The zero-order valence-electron chi connectivity index (χ0n) is 17.2. The summed E-state index contributed by atoms with van der Waals surface area (Å²) in [5.41, 5.74) is 4.69. The molecule has 0 radical (unpaired) electrons. The van der Waals surface area contributed by atoms with E-state index in [0.29, 0.717) is 10.2 Å². The van der Waals surface area contributed by atoms with E-state index >= 15 is 0 Å². The average Bonchev–Trinajstić information content (AvgIpc) is 3.08. The van der Waals surface area contributed by atoms with Gasteiger partial charge in [-0.1, -0.05) is 55.0 Å². The zero-order valence-corrected chi connectivity index (χ0v) is 18.0. The van der Waals surface area contributed by atoms with Crippen molar-refractivity contribution in [2.45, 2.75) is 33.7 Å². The number of hydrogen-bond acceptors (Lipinski definition) is 4. The highest BCUT2D eigenvalue weighted by Crippen LogP contribution is 2.35. The number of carbonyl (C=O) groups is 1. The van der Waals surface area contributed by atoms with Gasteiger partial charge in [0.15, 0.2) is 0 Å². The van der Waals surface area contributed by atoms with Crippen LogP contribution in [0.5, 0.6) is 0 Å². The summed E-state index contributed by atoms with van der Waals surface area (Å²) in [5, 5.41) is 3.49. The highest BCUT2D eigenvalue weighted by Gasteiger charge is 2.18. The van der Waals surface area contributed by atoms with Crippen molar-refractivity contribution >= 4 is 33.1 Å². The van der Waals surface area contributed by atoms with Gasteiger partial charge in [0.05, 0.1) is 11.7 Å². The Morgan fingerprint density at radius 2 is 1.83 bits per heavy atom. The van der Waals surface area contributed by atoms with Gasteiger partial charge >= 0.3 is 0 Å². The lowest BCUT2D eigenvalue weighted by molar-refractivity contribution is -0.116. The van der Waals surface area contributed by atoms with E-state index in [9.17, 15) is 9.59 Å². The van der Waals surface area contributed by atoms with Crippen LogP contribution >= 0.6 is 11.3 Å². The van der Waals surface area contributed by atoms with Crippen LogP contribution in [-0.2, 0) is 17.8 Å². The molecule has 4 rings (SSSR count). The minimum absolute atomic E-state index is 0.0813. The monoisotopic (exact) mass is 417 g/mol. The van der Waals surface area contributed by atoms with Crippen molar-refractivity contribution in [1.29, 1.82) is 0 Å². The maximum Gasteiger partial charge on any atom is 0.263 e. The molecule has 0 atom stereocenters. The molecule has 0 aliphatic carbocycles. The Morgan fingerprint density at radius 1 is 1.10 bits per heavy atom. The zero-order chi connectivity index (χ0) is 21.3. The van der Waals surface area contributed by atoms with Crippen LogP contribution in [-0.4, -0.2) is 15.5 Å². The fraction of sp³-hybridized carbons (Fsp3) is 0.208. The third-order valence-corrected chi connectivity index (χ3v) is 6.19. The van der Waals surface area contributed by atoms with Crippen LogP contribution in [0.25, 0.3) is 21.3 Å². The summed E-state index contributed by atoms with van der Waals surface area (Å²) in [6, 6.07) is 15.8. The van der Waals surface area contributed by atoms with Gasteiger partial charge in [-0.3, -0.25) is 14.2 Å². The Labute approximate surface area is 179 Å². The molecule has 2 heterocycles. The summed E-state index contributed by atoms with van der Waals surface area (Å²) in [6.45, 7) is 5.99. The van der Waals surface area contributed by atoms with E-state index in [1.165, 1.54) is 22.2 Å². The van der Waals surface area contributed by atoms with Crippen LogP contribution in [0.1, 0.15) is 22.9 Å². The molecule has 0 aliphatic rings. The van der Waals surface area contributed by atoms with Crippen molar-refractivity contribution in [3.63, 3.8) is 0 Å². The second kappa shape index (κ2) is 8.24. The topological polar surface area (TPSA) is 64.0 Å². The summed E-state index contributed by atoms with van der Waals surface area (Å²) in [5.74, 6) is -0.247. The van der Waals surface area contributed by atoms with Gasteiger partial charge in [0.25, 0.3) is 5.56 Å². The normalized spacial score (nSPS) is 11.0. The number of nitrogens with zero attached hydrogens (tertiary/aromatic N) is 2. The van der Waals surface area contributed by atoms with Gasteiger partial charge in [-0.2, -0.15) is 0 Å². The predicted molar refractivity (Wildman–Crippen MR) is 123 cm³/mol. The molecule has 0 saturated carbocycles. The van der Waals surface area contributed by atoms with Gasteiger partial charge in [-0.05, 0) is 37.5 Å². The summed E-state index contributed by atoms with van der Waals surface area (Å²) in [6.07, 6.45) is 2.28. The molecule has 152 valence electrons. The Bertz CT molecular complexity index is 1290. The van der Waals surface area contributed by atoms with E-state index in [0.717, 1.165) is 39.2 Å². The van der Waals surface area contributed by atoms with Gasteiger partial charge in [0, 0.05) is 16.1 Å². The fourth-order valence-electron chi connectivity index (χ4n) is 3.61. The van der Waals surface area contributed by atoms with Crippen molar-refractivity contribution in [2.75, 3.05) is 5.32 Å². The van der Waals surface area contributed by atoms with Gasteiger partial charge in [0.1, 0.15) is 11.4 Å². The Morgan fingerprint density at radius 3 is 2.57 bits per heavy atom. The smallest absolute Gasteiger partial charge is 0.263 e. The number of amides is 1. The Hall–Kier alpha value is -3.25. The van der Waals surface area contributed by atoms with E-state index < -0.39 is 0 Å². The highest BCUT2D eigenvalue weighted by molar-refractivity contribution is 7.19. The number of hydrogen-bond donors (Lipinski definition) is 1. The molecule has 2 aromatic carbocycles. The average molecular weight is 418 g/mol. The van der Waals surface area contributed by atoms with Crippen LogP contribution in [0.4, 0.5) is 5.69 Å². The molecular formula is C24H23N3O2S. The molecule has 0 aliphatic heterocycles. The molecule has 30 heavy (non-hydrogen) atoms. The number of aromatic nitrogens is 2. The minimum atomic E-state index is -0.247. The van der Waals surface area contributed by atoms with Crippen molar-refractivity contribution in [3.05, 3.63) is 81.2 Å². The second-order valence-electron chi connectivity index (χ2n) is 7.32. The molecule has 4 aromatic rings. The van der Waals surface area contributed by atoms with E-state index in [-0.39, 0.29) is 18.0 Å². The molecule has 0 saturated heterocycles. The molecule has 6 heteroatoms. The van der Waals surface area contributed by atoms with Gasteiger partial charge < -0.3 is 5.32 Å². The molecule has 1 N–H and O–H groups in total. The number of anilines is 1. The van der Waals surface area contributed by atoms with Crippen molar-refractivity contribution in [1.82, 2.24) is 9.55 Å². The fourth-order valence-corrected chi connectivity index (χ4v) is 4.62. The molecule has 1 amide bonds. The van der Waals surface area contributed by atoms with Gasteiger partial charge in [-0.25, -0.2) is 4.98 Å². The number of thiophene rings is 1. The van der Waals surface area contributed by atoms with E-state index in [2.05, 4.69) is 10.3 Å². The third-order valence-electron chi connectivity index (χ3n) is 5.18. The number of nitrogens with one attached hydrogen (secondary N) is 1. The summed E-state index contributed by atoms with van der Waals surface area (Å²) in [4.78, 5) is 32.1. The number of aryl methyl sites for hydroxylation is 3. The van der Waals surface area contributed by atoms with E-state index in [4.69, 9.17) is 0 Å². The van der Waals surface area contributed by atoms with Crippen LogP contribution in [0.15, 0.2) is 59.7 Å². The Balaban J connectivity index is 1.70. The highest BCUT2D eigenvalue weighted by atomic mass is 32.1. The number of para-hydroxylation sites is 1. The largest absolute Gasteiger partial charge is 0.324 e. The molecule has 0 spiro atoms. The molecule has 5 nitrogen and oxygen atoms in total. The van der Waals surface area contributed by atoms with Crippen LogP contribution in [0.2, 0.25) is 0 Å². The summed E-state index contributed by atoms with van der Waals surface area (Å²) >= 11 is 1.50. The lowest BCUT2D eigenvalue weighted by Gasteiger charge is -2.11. The van der Waals surface area contributed by atoms with E-state index in [1.54, 1.807) is 0 Å². The Kier molecular flexibility index (Phi) is 5.50. The number of carbonyl (C=O) groups excluding carboxylic acids is 1. The SMILES string of the molecule is CCc1ccccc1NC(=O)Cn1cnc2sc(C)c(-c3ccc(C)cc3)c2c1=O. The lowest BCUT2D eigenvalue weighted by atomic mass is 10.0. The number of fused-ring (bicyclic) bond motifs is 1. The quantitative estimate of drug-likeness (QED) is 0.500. The third kappa shape index (κ3) is 3.78. The van der Waals surface area contributed by atoms with Gasteiger partial charge in [-0.15, -0.1) is 11.3 Å². The second-order valence-corrected chi connectivity index (χ2v) is 8.52. The molecule has 0 unspecified atom stereocenters. The predicted octanol–water partition coefficient (Wildman–Crippen LogP) is 4.94. The van der Waals surface area contributed by atoms with Gasteiger partial charge in [0.2, 0.25) is 5.91 Å². The maximum atomic E-state index is 13.3. The van der Waals surface area contributed by atoms with Crippen molar-refractivity contribution in [2.24, 2.45) is 0 Å². The summed E-state index contributed by atoms with van der Waals surface area (Å²) in [7, 11) is 0. The first-order valence-corrected chi connectivity index (χ1v) is 10.7. The molecular weight excluding hydrogens is 394 g/mol. The first-order chi connectivity index (χ1) is 14.5. The molecule has 0 fully saturated rings. The first kappa shape index (κ1) is 20.0. The molecule has 0 bridgehead atoms. The van der Waals surface area contributed by atoms with Crippen LogP contribution in [0.3, 0.4) is 0 Å². The van der Waals surface area contributed by atoms with Crippen molar-refractivity contribution < 1.29 is 4.79 Å². The molecule has 2 aromatic heterocycles. The first-order valence-electron chi connectivity index (χ1n) is 9.91. The number of benzene rings is 2. The minimum Gasteiger partial charge on any atom is -0.324 e. The summed E-state index contributed by atoms with van der Waals surface area (Å²) < 4.78 is 1.38. The maximum absolute atomic E-state index is 13.3. The van der Waals surface area contributed by atoms with Crippen LogP contribution < -0.4 is 10.9 Å². The lowest BCUT2D eigenvalue weighted by Crippen LogP contribution is -2.28.